The molecule has 1 aliphatic rings. The molecule has 1 aliphatic carbocycles. The van der Waals surface area contributed by atoms with Crippen LogP contribution in [0.4, 0.5) is 0 Å². The molecule has 1 atom stereocenters. The van der Waals surface area contributed by atoms with Crippen LogP contribution in [-0.2, 0) is 11.2 Å². The molecule has 3 nitrogen and oxygen atoms in total. The van der Waals surface area contributed by atoms with E-state index in [-0.39, 0.29) is 5.92 Å². The van der Waals surface area contributed by atoms with Crippen LogP contribution in [0.15, 0.2) is 24.4 Å². The van der Waals surface area contributed by atoms with Gasteiger partial charge in [0.25, 0.3) is 0 Å². The molecule has 0 bridgehead atoms. The van der Waals surface area contributed by atoms with Gasteiger partial charge in [0.05, 0.1) is 5.92 Å². The lowest BCUT2D eigenvalue weighted by Gasteiger charge is -2.07. The number of aliphatic carboxylic acids is 1. The first-order valence-electron chi connectivity index (χ1n) is 5.59. The van der Waals surface area contributed by atoms with E-state index in [4.69, 9.17) is 0 Å². The summed E-state index contributed by atoms with van der Waals surface area (Å²) < 4.78 is 0. The van der Waals surface area contributed by atoms with Gasteiger partial charge in [-0.3, -0.25) is 4.79 Å². The minimum absolute atomic E-state index is 0.350. The number of nitrogens with one attached hydrogen (secondary N) is 1. The predicted molar refractivity (Wildman–Crippen MR) is 61.6 cm³/mol. The lowest BCUT2D eigenvalue weighted by atomic mass is 9.96. The highest BCUT2D eigenvalue weighted by atomic mass is 16.4. The lowest BCUT2D eigenvalue weighted by Crippen LogP contribution is -2.10. The number of hydrogen-bond acceptors (Lipinski definition) is 1. The molecule has 3 heteroatoms. The smallest absolute Gasteiger partial charge is 0.311 e. The first-order chi connectivity index (χ1) is 7.77. The van der Waals surface area contributed by atoms with Crippen LogP contribution in [0.5, 0.6) is 0 Å². The van der Waals surface area contributed by atoms with Crippen molar-refractivity contribution in [1.82, 2.24) is 4.98 Å². The molecule has 2 aromatic rings. The Bertz CT molecular complexity index is 556. The molecule has 0 amide bonds. The zero-order chi connectivity index (χ0) is 11.1. The van der Waals surface area contributed by atoms with E-state index in [2.05, 4.69) is 11.1 Å². The summed E-state index contributed by atoms with van der Waals surface area (Å²) in [6.07, 6.45) is 4.52. The fourth-order valence-corrected chi connectivity index (χ4v) is 2.68. The van der Waals surface area contributed by atoms with Crippen LogP contribution in [0.2, 0.25) is 0 Å². The van der Waals surface area contributed by atoms with E-state index in [0.717, 1.165) is 35.7 Å². The summed E-state index contributed by atoms with van der Waals surface area (Å²) >= 11 is 0. The first-order valence-corrected chi connectivity index (χ1v) is 5.59. The number of aromatic amines is 1. The molecule has 0 spiro atoms. The second-order valence-corrected chi connectivity index (χ2v) is 4.37. The quantitative estimate of drug-likeness (QED) is 0.768. The van der Waals surface area contributed by atoms with Gasteiger partial charge in [-0.25, -0.2) is 0 Å². The van der Waals surface area contributed by atoms with Crippen molar-refractivity contribution >= 4 is 16.9 Å². The number of carboxylic acids is 1. The van der Waals surface area contributed by atoms with Crippen molar-refractivity contribution in [3.8, 4) is 0 Å². The van der Waals surface area contributed by atoms with Gasteiger partial charge in [0.2, 0.25) is 0 Å². The van der Waals surface area contributed by atoms with Gasteiger partial charge in [-0.2, -0.15) is 0 Å². The zero-order valence-corrected chi connectivity index (χ0v) is 8.86. The van der Waals surface area contributed by atoms with Crippen molar-refractivity contribution in [1.29, 1.82) is 0 Å². The number of carbonyl (C=O) groups is 1. The van der Waals surface area contributed by atoms with Crippen molar-refractivity contribution in [2.24, 2.45) is 0 Å². The molecule has 16 heavy (non-hydrogen) atoms. The molecular formula is C13H13NO2. The molecule has 1 unspecified atom stereocenters. The van der Waals surface area contributed by atoms with Crippen molar-refractivity contribution in [2.45, 2.75) is 25.2 Å². The van der Waals surface area contributed by atoms with E-state index in [0.29, 0.717) is 0 Å². The molecule has 1 aromatic carbocycles. The van der Waals surface area contributed by atoms with Crippen molar-refractivity contribution in [3.05, 3.63) is 35.5 Å². The largest absolute Gasteiger partial charge is 0.481 e. The van der Waals surface area contributed by atoms with Crippen LogP contribution in [0, 0.1) is 0 Å². The average molecular weight is 215 g/mol. The molecule has 0 aliphatic heterocycles. The van der Waals surface area contributed by atoms with Crippen LogP contribution in [0.3, 0.4) is 0 Å². The number of rotatable bonds is 1. The minimum atomic E-state index is -0.711. The number of aromatic nitrogens is 1. The van der Waals surface area contributed by atoms with E-state index < -0.39 is 5.97 Å². The molecule has 1 aromatic heterocycles. The minimum Gasteiger partial charge on any atom is -0.481 e. The van der Waals surface area contributed by atoms with E-state index >= 15 is 0 Å². The van der Waals surface area contributed by atoms with Gasteiger partial charge in [0.15, 0.2) is 0 Å². The van der Waals surface area contributed by atoms with E-state index in [1.54, 1.807) is 0 Å². The van der Waals surface area contributed by atoms with Gasteiger partial charge in [-0.1, -0.05) is 12.1 Å². The topological polar surface area (TPSA) is 53.1 Å². The van der Waals surface area contributed by atoms with Crippen LogP contribution in [-0.4, -0.2) is 16.1 Å². The Morgan fingerprint density at radius 3 is 3.12 bits per heavy atom. The number of benzene rings is 1. The molecular weight excluding hydrogens is 202 g/mol. The molecule has 2 N–H and O–H groups in total. The average Bonchev–Trinajstić information content (AvgIpc) is 2.57. The van der Waals surface area contributed by atoms with Crippen molar-refractivity contribution < 1.29 is 9.90 Å². The Hall–Kier alpha value is -1.77. The van der Waals surface area contributed by atoms with Crippen LogP contribution >= 0.6 is 0 Å². The summed E-state index contributed by atoms with van der Waals surface area (Å²) in [4.78, 5) is 14.4. The Morgan fingerprint density at radius 2 is 2.31 bits per heavy atom. The maximum Gasteiger partial charge on any atom is 0.311 e. The Kier molecular flexibility index (Phi) is 1.99. The molecule has 0 saturated heterocycles. The summed E-state index contributed by atoms with van der Waals surface area (Å²) in [5, 5.41) is 10.4. The third kappa shape index (κ3) is 1.24. The SMILES string of the molecule is O=C(O)C1CCCc2cccc3[nH]cc1c23. The van der Waals surface area contributed by atoms with Gasteiger partial charge in [0, 0.05) is 17.1 Å². The number of H-pyrrole nitrogens is 1. The molecule has 0 radical (unpaired) electrons. The molecule has 82 valence electrons. The van der Waals surface area contributed by atoms with Gasteiger partial charge < -0.3 is 10.1 Å². The number of carboxylic acid groups (broad SMARTS) is 1. The van der Waals surface area contributed by atoms with Crippen LogP contribution in [0.25, 0.3) is 10.9 Å². The van der Waals surface area contributed by atoms with E-state index in [1.807, 2.05) is 18.3 Å². The summed E-state index contributed by atoms with van der Waals surface area (Å²) in [7, 11) is 0. The highest BCUT2D eigenvalue weighted by Gasteiger charge is 2.26. The van der Waals surface area contributed by atoms with Gasteiger partial charge in [0.1, 0.15) is 0 Å². The third-order valence-corrected chi connectivity index (χ3v) is 3.44. The van der Waals surface area contributed by atoms with Gasteiger partial charge in [-0.05, 0) is 36.5 Å². The standard InChI is InChI=1S/C13H13NO2/c15-13(16)9-5-1-3-8-4-2-6-11-12(8)10(9)7-14-11/h2,4,6-7,9,14H,1,3,5H2,(H,15,16). The van der Waals surface area contributed by atoms with Crippen LogP contribution in [0.1, 0.15) is 29.9 Å². The lowest BCUT2D eigenvalue weighted by molar-refractivity contribution is -0.138. The summed E-state index contributed by atoms with van der Waals surface area (Å²) in [6, 6.07) is 6.13. The summed E-state index contributed by atoms with van der Waals surface area (Å²) in [5.74, 6) is -1.06. The number of hydrogen-bond donors (Lipinski definition) is 2. The Labute approximate surface area is 93.1 Å². The maximum absolute atomic E-state index is 11.2. The molecule has 3 rings (SSSR count). The summed E-state index contributed by atoms with van der Waals surface area (Å²) in [6.45, 7) is 0. The zero-order valence-electron chi connectivity index (χ0n) is 8.86. The van der Waals surface area contributed by atoms with E-state index in [9.17, 15) is 9.90 Å². The monoisotopic (exact) mass is 215 g/mol. The fourth-order valence-electron chi connectivity index (χ4n) is 2.68. The van der Waals surface area contributed by atoms with E-state index in [1.165, 1.54) is 5.56 Å². The van der Waals surface area contributed by atoms with Gasteiger partial charge >= 0.3 is 5.97 Å². The number of aryl methyl sites for hydroxylation is 1. The predicted octanol–water partition coefficient (Wildman–Crippen LogP) is 2.67. The normalized spacial score (nSPS) is 19.6. The highest BCUT2D eigenvalue weighted by molar-refractivity contribution is 5.92. The first kappa shape index (κ1) is 9.46. The molecule has 0 saturated carbocycles. The second kappa shape index (κ2) is 3.37. The molecule has 1 heterocycles. The third-order valence-electron chi connectivity index (χ3n) is 3.44. The Morgan fingerprint density at radius 1 is 1.44 bits per heavy atom. The summed E-state index contributed by atoms with van der Waals surface area (Å²) in [5.41, 5.74) is 3.29. The Balaban J connectivity index is 2.30. The van der Waals surface area contributed by atoms with Crippen molar-refractivity contribution in [2.75, 3.05) is 0 Å². The van der Waals surface area contributed by atoms with Gasteiger partial charge in [-0.15, -0.1) is 0 Å². The van der Waals surface area contributed by atoms with Crippen molar-refractivity contribution in [3.63, 3.8) is 0 Å². The highest BCUT2D eigenvalue weighted by Crippen LogP contribution is 2.35. The van der Waals surface area contributed by atoms with Crippen LogP contribution < -0.4 is 0 Å². The second-order valence-electron chi connectivity index (χ2n) is 4.37. The molecule has 0 fully saturated rings. The fraction of sp³-hybridized carbons (Fsp3) is 0.308. The maximum atomic E-state index is 11.2.